The number of ether oxygens (including phenoxy) is 1. The van der Waals surface area contributed by atoms with Gasteiger partial charge < -0.3 is 14.6 Å². The molecule has 1 aliphatic carbocycles. The van der Waals surface area contributed by atoms with Crippen LogP contribution >= 0.6 is 67.8 Å². The largest absolute Gasteiger partial charge is 0.743 e. The fourth-order valence-corrected chi connectivity index (χ4v) is 6.06. The number of nitrogens with one attached hydrogen (secondary N) is 1. The first-order chi connectivity index (χ1) is 14.9. The molecule has 1 aliphatic rings. The quantitative estimate of drug-likeness (QED) is 0.148. The van der Waals surface area contributed by atoms with Crippen LogP contribution in [0.25, 0.3) is 0 Å². The first kappa shape index (κ1) is 29.1. The highest BCUT2D eigenvalue weighted by atomic mass is 127. The average Bonchev–Trinajstić information content (AvgIpc) is 2.67. The number of carbonyl (C=O) groups is 2. The molecule has 0 aliphatic heterocycles. The van der Waals surface area contributed by atoms with Crippen LogP contribution in [0.15, 0.2) is 12.1 Å². The van der Waals surface area contributed by atoms with E-state index in [1.165, 1.54) is 6.07 Å². The number of hydrogen-bond acceptors (Lipinski definition) is 6. The third-order valence-electron chi connectivity index (χ3n) is 4.85. The van der Waals surface area contributed by atoms with Gasteiger partial charge in [0.2, 0.25) is 0 Å². The van der Waals surface area contributed by atoms with Gasteiger partial charge in [-0.3, -0.25) is 4.79 Å². The molecule has 1 amide bonds. The van der Waals surface area contributed by atoms with Crippen LogP contribution in [0.2, 0.25) is 0 Å². The third-order valence-corrected chi connectivity index (χ3v) is 9.40. The van der Waals surface area contributed by atoms with Crippen molar-refractivity contribution >= 4 is 89.8 Å². The van der Waals surface area contributed by atoms with Gasteiger partial charge in [-0.1, -0.05) is 19.3 Å². The summed E-state index contributed by atoms with van der Waals surface area (Å²) < 4.78 is 105. The third kappa shape index (κ3) is 6.57. The van der Waals surface area contributed by atoms with Crippen molar-refractivity contribution in [2.24, 2.45) is 0 Å². The minimum atomic E-state index is -6.83. The number of alkyl halides is 5. The Labute approximate surface area is 226 Å². The molecule has 1 saturated carbocycles. The Morgan fingerprint density at radius 1 is 1.06 bits per heavy atom. The van der Waals surface area contributed by atoms with Gasteiger partial charge >= 0.3 is 17.4 Å². The Morgan fingerprint density at radius 3 is 2.09 bits per heavy atom. The van der Waals surface area contributed by atoms with Crippen molar-refractivity contribution in [1.82, 2.24) is 5.32 Å². The van der Waals surface area contributed by atoms with Crippen molar-refractivity contribution in [1.29, 1.82) is 0 Å². The topological polar surface area (TPSA) is 113 Å². The normalized spacial score (nSPS) is 17.8. The van der Waals surface area contributed by atoms with E-state index < -0.39 is 45.1 Å². The maximum absolute atomic E-state index is 13.8. The number of benzene rings is 1. The molecule has 1 aromatic carbocycles. The summed E-state index contributed by atoms with van der Waals surface area (Å²) in [5.74, 6) is -2.74. The van der Waals surface area contributed by atoms with Crippen molar-refractivity contribution in [3.63, 3.8) is 0 Å². The van der Waals surface area contributed by atoms with Crippen LogP contribution in [0.5, 0.6) is 0 Å². The van der Waals surface area contributed by atoms with Crippen LogP contribution in [0.4, 0.5) is 22.0 Å². The zero-order valence-electron chi connectivity index (χ0n) is 16.1. The summed E-state index contributed by atoms with van der Waals surface area (Å²) >= 11 is 5.76. The van der Waals surface area contributed by atoms with Gasteiger partial charge in [-0.15, -0.1) is 0 Å². The van der Waals surface area contributed by atoms with Gasteiger partial charge in [0, 0.05) is 10.7 Å². The minimum Gasteiger partial charge on any atom is -0.743 e. The molecule has 0 aromatic heterocycles. The highest BCUT2D eigenvalue weighted by molar-refractivity contribution is 14.1. The second kappa shape index (κ2) is 10.5. The van der Waals surface area contributed by atoms with Gasteiger partial charge in [-0.25, -0.2) is 13.2 Å². The summed E-state index contributed by atoms with van der Waals surface area (Å²) in [6.45, 7) is 0. The van der Waals surface area contributed by atoms with E-state index in [0.29, 0.717) is 17.1 Å². The number of hydrogen-bond donors (Lipinski definition) is 1. The van der Waals surface area contributed by atoms with Crippen molar-refractivity contribution in [2.75, 3.05) is 0 Å². The highest BCUT2D eigenvalue weighted by Gasteiger charge is 2.64. The summed E-state index contributed by atoms with van der Waals surface area (Å²) in [6, 6.07) is 3.22. The standard InChI is InChI=1S/C17H15F5I3NO6S/c18-16(19,20)13(17(21,22)33(29,30)31)32-14(28)15(4-2-1-3-5-15)26-12(27)9-6-8(23)7-10(24)11(9)25/h6-7,13H,1-5H2,(H,26,27)(H,29,30,31)/p-1. The molecule has 1 atom stereocenters. The van der Waals surface area contributed by atoms with E-state index >= 15 is 0 Å². The van der Waals surface area contributed by atoms with Gasteiger partial charge in [-0.2, -0.15) is 22.0 Å². The lowest BCUT2D eigenvalue weighted by Gasteiger charge is -2.38. The Hall–Kier alpha value is -0.0900. The van der Waals surface area contributed by atoms with Crippen molar-refractivity contribution in [2.45, 2.75) is 55.2 Å². The fourth-order valence-electron chi connectivity index (χ4n) is 3.22. The van der Waals surface area contributed by atoms with Crippen LogP contribution in [-0.2, 0) is 19.6 Å². The van der Waals surface area contributed by atoms with Crippen molar-refractivity contribution in [3.05, 3.63) is 28.4 Å². The van der Waals surface area contributed by atoms with Gasteiger partial charge in [0.25, 0.3) is 12.0 Å². The Balaban J connectivity index is 2.45. The molecule has 2 rings (SSSR count). The molecular weight excluding hydrogens is 822 g/mol. The molecule has 1 fully saturated rings. The van der Waals surface area contributed by atoms with E-state index in [4.69, 9.17) is 0 Å². The summed E-state index contributed by atoms with van der Waals surface area (Å²) in [5, 5.41) is -3.64. The van der Waals surface area contributed by atoms with Crippen LogP contribution in [-0.4, -0.2) is 47.9 Å². The predicted molar refractivity (Wildman–Crippen MR) is 128 cm³/mol. The van der Waals surface area contributed by atoms with E-state index in [1.54, 1.807) is 6.07 Å². The molecule has 1 N–H and O–H groups in total. The smallest absolute Gasteiger partial charge is 0.432 e. The van der Waals surface area contributed by atoms with Gasteiger partial charge in [0.05, 0.1) is 5.56 Å². The first-order valence-corrected chi connectivity index (χ1v) is 13.6. The van der Waals surface area contributed by atoms with Gasteiger partial charge in [0.1, 0.15) is 5.54 Å². The van der Waals surface area contributed by atoms with Crippen LogP contribution in [0.1, 0.15) is 42.5 Å². The van der Waals surface area contributed by atoms with Gasteiger partial charge in [-0.05, 0) is 92.7 Å². The maximum Gasteiger partial charge on any atom is 0.432 e. The number of halogens is 8. The van der Waals surface area contributed by atoms with Gasteiger partial charge in [0.15, 0.2) is 10.1 Å². The highest BCUT2D eigenvalue weighted by Crippen LogP contribution is 2.40. The Morgan fingerprint density at radius 2 is 1.61 bits per heavy atom. The average molecular weight is 836 g/mol. The molecule has 7 nitrogen and oxygen atoms in total. The van der Waals surface area contributed by atoms with E-state index in [1.807, 2.05) is 67.8 Å². The lowest BCUT2D eigenvalue weighted by atomic mass is 9.81. The zero-order chi connectivity index (χ0) is 25.4. The summed E-state index contributed by atoms with van der Waals surface area (Å²) in [5.41, 5.74) is -2.01. The molecule has 186 valence electrons. The fraction of sp³-hybridized carbons (Fsp3) is 0.529. The molecule has 0 radical (unpaired) electrons. The number of esters is 1. The van der Waals surface area contributed by atoms with Crippen molar-refractivity contribution < 1.29 is 49.2 Å². The second-order valence-corrected chi connectivity index (χ2v) is 12.1. The summed E-state index contributed by atoms with van der Waals surface area (Å²) in [6.07, 6.45) is -10.00. The van der Waals surface area contributed by atoms with E-state index in [-0.39, 0.29) is 31.2 Å². The molecule has 16 heteroatoms. The molecule has 33 heavy (non-hydrogen) atoms. The van der Waals surface area contributed by atoms with Crippen LogP contribution in [0.3, 0.4) is 0 Å². The zero-order valence-corrected chi connectivity index (χ0v) is 23.4. The number of carbonyl (C=O) groups excluding carboxylic acids is 2. The predicted octanol–water partition coefficient (Wildman–Crippen LogP) is 4.55. The molecule has 0 saturated heterocycles. The summed E-state index contributed by atoms with van der Waals surface area (Å²) in [7, 11) is -6.83. The minimum absolute atomic E-state index is 0.101. The molecule has 0 heterocycles. The monoisotopic (exact) mass is 836 g/mol. The number of rotatable bonds is 6. The molecule has 0 spiro atoms. The van der Waals surface area contributed by atoms with E-state index in [2.05, 4.69) is 10.1 Å². The lowest BCUT2D eigenvalue weighted by molar-refractivity contribution is -0.261. The molecule has 0 bridgehead atoms. The maximum atomic E-state index is 13.8. The summed E-state index contributed by atoms with van der Waals surface area (Å²) in [4.78, 5) is 25.7. The van der Waals surface area contributed by atoms with Crippen LogP contribution in [0, 0.1) is 10.7 Å². The van der Waals surface area contributed by atoms with Crippen molar-refractivity contribution in [3.8, 4) is 0 Å². The number of amides is 1. The Kier molecular flexibility index (Phi) is 9.26. The molecule has 1 aromatic rings. The second-order valence-electron chi connectivity index (χ2n) is 7.19. The van der Waals surface area contributed by atoms with Crippen LogP contribution < -0.4 is 5.32 Å². The van der Waals surface area contributed by atoms with E-state index in [0.717, 1.165) is 0 Å². The lowest BCUT2D eigenvalue weighted by Crippen LogP contribution is -2.60. The Bertz CT molecular complexity index is 1040. The SMILES string of the molecule is O=C(NC1(C(=O)OC(C(F)(F)F)C(F)(F)S(=O)(=O)[O-])CCCCC1)c1cc(I)cc(I)c1I. The molecular formula is C17H14F5I3NO6S-. The molecule has 1 unspecified atom stereocenters. The van der Waals surface area contributed by atoms with E-state index in [9.17, 15) is 44.5 Å². The first-order valence-electron chi connectivity index (χ1n) is 9.00.